The molecule has 1 atom stereocenters. The van der Waals surface area contributed by atoms with Crippen LogP contribution in [0.4, 0.5) is 0 Å². The maximum absolute atomic E-state index is 12.0. The second kappa shape index (κ2) is 32.9. The minimum atomic E-state index is -0.940. The van der Waals surface area contributed by atoms with E-state index in [1.165, 1.54) is 160 Å². The molecule has 0 saturated carbocycles. The summed E-state index contributed by atoms with van der Waals surface area (Å²) >= 11 is 0. The molecule has 0 spiro atoms. The molecule has 0 saturated heterocycles. The van der Waals surface area contributed by atoms with Gasteiger partial charge in [-0.3, -0.25) is 9.59 Å². The summed E-state index contributed by atoms with van der Waals surface area (Å²) in [5.74, 6) is -1.88. The quantitative estimate of drug-likeness (QED) is 0.0479. The molecule has 0 heterocycles. The molecule has 0 aromatic heterocycles. The Kier molecular flexibility index (Phi) is 31.7. The zero-order valence-electron chi connectivity index (χ0n) is 27.2. The molecule has 0 amide bonds. The van der Waals surface area contributed by atoms with E-state index in [0.29, 0.717) is 6.42 Å². The standard InChI is InChI=1S/C37H68O4/c1-3-5-6-7-8-9-10-11-12-13-14-15-16-17-18-19-20-21-22-23-24-25-26-27-28-29-30-31-32-35(34-36(38)39)37(40)41-33-4-2/h4-6,35H,2-3,7-34H2,1H3,(H,38,39)/b6-5+. The van der Waals surface area contributed by atoms with Gasteiger partial charge in [-0.05, 0) is 25.7 Å². The number of carbonyl (C=O) groups excluding carboxylic acids is 1. The maximum atomic E-state index is 12.0. The zero-order chi connectivity index (χ0) is 30.1. The van der Waals surface area contributed by atoms with Gasteiger partial charge in [0.1, 0.15) is 6.61 Å². The molecule has 0 fully saturated rings. The van der Waals surface area contributed by atoms with E-state index in [1.54, 1.807) is 0 Å². The van der Waals surface area contributed by atoms with Crippen LogP contribution in [-0.4, -0.2) is 23.7 Å². The number of hydrogen-bond donors (Lipinski definition) is 1. The molecule has 0 bridgehead atoms. The van der Waals surface area contributed by atoms with Crippen molar-refractivity contribution >= 4 is 11.9 Å². The van der Waals surface area contributed by atoms with Gasteiger partial charge in [-0.2, -0.15) is 0 Å². The molecule has 0 radical (unpaired) electrons. The van der Waals surface area contributed by atoms with Gasteiger partial charge >= 0.3 is 11.9 Å². The van der Waals surface area contributed by atoms with Gasteiger partial charge in [-0.15, -0.1) is 0 Å². The third-order valence-electron chi connectivity index (χ3n) is 8.17. The van der Waals surface area contributed by atoms with Crippen molar-refractivity contribution in [2.24, 2.45) is 5.92 Å². The first-order valence-electron chi connectivity index (χ1n) is 17.8. The average Bonchev–Trinajstić information content (AvgIpc) is 2.96. The molecule has 0 aliphatic carbocycles. The fourth-order valence-corrected chi connectivity index (χ4v) is 5.60. The van der Waals surface area contributed by atoms with E-state index in [2.05, 4.69) is 25.7 Å². The van der Waals surface area contributed by atoms with Crippen molar-refractivity contribution in [1.82, 2.24) is 0 Å². The van der Waals surface area contributed by atoms with Gasteiger partial charge in [0.2, 0.25) is 0 Å². The fraction of sp³-hybridized carbons (Fsp3) is 0.838. The number of aliphatic carboxylic acids is 1. The van der Waals surface area contributed by atoms with E-state index in [9.17, 15) is 9.59 Å². The van der Waals surface area contributed by atoms with Gasteiger partial charge in [-0.1, -0.05) is 179 Å². The predicted octanol–water partition coefficient (Wildman–Crippen LogP) is 11.9. The van der Waals surface area contributed by atoms with Crippen LogP contribution < -0.4 is 0 Å². The summed E-state index contributed by atoms with van der Waals surface area (Å²) in [5, 5.41) is 9.03. The summed E-state index contributed by atoms with van der Waals surface area (Å²) in [6.45, 7) is 5.88. The van der Waals surface area contributed by atoms with Crippen molar-refractivity contribution in [1.29, 1.82) is 0 Å². The molecule has 0 aromatic carbocycles. The lowest BCUT2D eigenvalue weighted by Gasteiger charge is -2.13. The average molecular weight is 577 g/mol. The SMILES string of the molecule is C=CCOC(=O)C(CCCCCCCCCCCCCCCCCCCCCCCCCC/C=C/CC)CC(=O)O. The van der Waals surface area contributed by atoms with Gasteiger partial charge in [0, 0.05) is 0 Å². The molecule has 0 aliphatic heterocycles. The van der Waals surface area contributed by atoms with Crippen LogP contribution in [0.25, 0.3) is 0 Å². The predicted molar refractivity (Wildman–Crippen MR) is 176 cm³/mol. The Hall–Kier alpha value is -1.58. The van der Waals surface area contributed by atoms with Gasteiger partial charge in [-0.25, -0.2) is 0 Å². The normalized spacial score (nSPS) is 12.1. The third kappa shape index (κ3) is 31.2. The molecule has 0 aliphatic rings. The van der Waals surface area contributed by atoms with E-state index >= 15 is 0 Å². The monoisotopic (exact) mass is 577 g/mol. The summed E-state index contributed by atoms with van der Waals surface area (Å²) < 4.78 is 5.05. The largest absolute Gasteiger partial charge is 0.481 e. The number of esters is 1. The molecule has 4 nitrogen and oxygen atoms in total. The number of unbranched alkanes of at least 4 members (excludes halogenated alkanes) is 24. The Morgan fingerprint density at radius 2 is 0.976 bits per heavy atom. The Labute approximate surface area is 255 Å². The van der Waals surface area contributed by atoms with Crippen LogP contribution in [-0.2, 0) is 14.3 Å². The van der Waals surface area contributed by atoms with E-state index in [-0.39, 0.29) is 13.0 Å². The van der Waals surface area contributed by atoms with E-state index < -0.39 is 17.9 Å². The summed E-state index contributed by atoms with van der Waals surface area (Å²) in [4.78, 5) is 23.0. The van der Waals surface area contributed by atoms with Crippen LogP contribution in [0.2, 0.25) is 0 Å². The van der Waals surface area contributed by atoms with Crippen LogP contribution in [0, 0.1) is 5.92 Å². The number of allylic oxidation sites excluding steroid dienone is 2. The van der Waals surface area contributed by atoms with E-state index in [0.717, 1.165) is 12.8 Å². The smallest absolute Gasteiger partial charge is 0.309 e. The number of carbonyl (C=O) groups is 2. The Balaban J connectivity index is 3.29. The van der Waals surface area contributed by atoms with Gasteiger partial charge in [0.05, 0.1) is 12.3 Å². The second-order valence-electron chi connectivity index (χ2n) is 12.2. The molecule has 0 rings (SSSR count). The summed E-state index contributed by atoms with van der Waals surface area (Å²) in [6, 6.07) is 0. The number of carboxylic acid groups (broad SMARTS) is 1. The molecule has 4 heteroatoms. The van der Waals surface area contributed by atoms with Crippen LogP contribution in [0.3, 0.4) is 0 Å². The first kappa shape index (κ1) is 39.4. The second-order valence-corrected chi connectivity index (χ2v) is 12.2. The molecule has 41 heavy (non-hydrogen) atoms. The minimum absolute atomic E-state index is 0.145. The highest BCUT2D eigenvalue weighted by atomic mass is 16.5. The first-order chi connectivity index (χ1) is 20.1. The highest BCUT2D eigenvalue weighted by molar-refractivity contribution is 5.79. The first-order valence-corrected chi connectivity index (χ1v) is 17.8. The van der Waals surface area contributed by atoms with Gasteiger partial charge in [0.15, 0.2) is 0 Å². The van der Waals surface area contributed by atoms with E-state index in [4.69, 9.17) is 9.84 Å². The topological polar surface area (TPSA) is 63.6 Å². The number of carboxylic acids is 1. The Morgan fingerprint density at radius 3 is 1.32 bits per heavy atom. The van der Waals surface area contributed by atoms with Crippen molar-refractivity contribution in [3.05, 3.63) is 24.8 Å². The van der Waals surface area contributed by atoms with Gasteiger partial charge < -0.3 is 9.84 Å². The van der Waals surface area contributed by atoms with Crippen LogP contribution >= 0.6 is 0 Å². The lowest BCUT2D eigenvalue weighted by molar-refractivity contribution is -0.152. The molecule has 240 valence electrons. The molecule has 0 aromatic rings. The van der Waals surface area contributed by atoms with Crippen LogP contribution in [0.15, 0.2) is 24.8 Å². The Morgan fingerprint density at radius 1 is 0.610 bits per heavy atom. The Bertz CT molecular complexity index is 612. The summed E-state index contributed by atoms with van der Waals surface area (Å²) in [7, 11) is 0. The maximum Gasteiger partial charge on any atom is 0.309 e. The molecule has 1 N–H and O–H groups in total. The minimum Gasteiger partial charge on any atom is -0.481 e. The molecular weight excluding hydrogens is 508 g/mol. The molecular formula is C37H68O4. The van der Waals surface area contributed by atoms with Crippen LogP contribution in [0.5, 0.6) is 0 Å². The summed E-state index contributed by atoms with van der Waals surface area (Å²) in [5.41, 5.74) is 0. The van der Waals surface area contributed by atoms with Gasteiger partial charge in [0.25, 0.3) is 0 Å². The highest BCUT2D eigenvalue weighted by Gasteiger charge is 2.22. The lowest BCUT2D eigenvalue weighted by atomic mass is 9.97. The third-order valence-corrected chi connectivity index (χ3v) is 8.17. The fourth-order valence-electron chi connectivity index (χ4n) is 5.60. The zero-order valence-corrected chi connectivity index (χ0v) is 27.2. The number of rotatable bonds is 33. The van der Waals surface area contributed by atoms with Crippen molar-refractivity contribution in [3.63, 3.8) is 0 Å². The lowest BCUT2D eigenvalue weighted by Crippen LogP contribution is -2.21. The highest BCUT2D eigenvalue weighted by Crippen LogP contribution is 2.19. The summed E-state index contributed by atoms with van der Waals surface area (Å²) in [6.07, 6.45) is 41.6. The van der Waals surface area contributed by atoms with Crippen molar-refractivity contribution in [2.75, 3.05) is 6.61 Å². The van der Waals surface area contributed by atoms with Crippen molar-refractivity contribution in [2.45, 2.75) is 187 Å². The molecule has 1 unspecified atom stereocenters. The number of ether oxygens (including phenoxy) is 1. The van der Waals surface area contributed by atoms with E-state index in [1.807, 2.05) is 0 Å². The number of hydrogen-bond acceptors (Lipinski definition) is 3. The van der Waals surface area contributed by atoms with Crippen molar-refractivity contribution < 1.29 is 19.4 Å². The van der Waals surface area contributed by atoms with Crippen molar-refractivity contribution in [3.8, 4) is 0 Å². The van der Waals surface area contributed by atoms with Crippen LogP contribution in [0.1, 0.15) is 187 Å².